The van der Waals surface area contributed by atoms with Crippen molar-refractivity contribution in [1.29, 1.82) is 0 Å². The van der Waals surface area contributed by atoms with Gasteiger partial charge < -0.3 is 41.7 Å². The number of hydrogen-bond donors (Lipinski definition) is 0. The van der Waals surface area contributed by atoms with Crippen LogP contribution in [-0.4, -0.2) is 106 Å². The summed E-state index contributed by atoms with van der Waals surface area (Å²) in [6.07, 6.45) is 14.3. The molecular weight excluding hydrogens is 508 g/mol. The first-order valence-corrected chi connectivity index (χ1v) is 17.5. The summed E-state index contributed by atoms with van der Waals surface area (Å²) in [6.45, 7) is 11.4. The van der Waals surface area contributed by atoms with Gasteiger partial charge in [-0.05, 0) is 38.5 Å². The predicted molar refractivity (Wildman–Crippen MR) is 147 cm³/mol. The quantitative estimate of drug-likeness (QED) is 0.0711. The minimum atomic E-state index is -2.63. The van der Waals surface area contributed by atoms with Crippen LogP contribution in [0, 0.1) is 0 Å². The average molecular weight is 563 g/mol. The van der Waals surface area contributed by atoms with E-state index in [4.69, 9.17) is 41.7 Å². The summed E-state index contributed by atoms with van der Waals surface area (Å²) >= 11 is 0. The van der Waals surface area contributed by atoms with E-state index in [-0.39, 0.29) is 0 Å². The maximum absolute atomic E-state index is 6.26. The fourth-order valence-electron chi connectivity index (χ4n) is 4.01. The van der Waals surface area contributed by atoms with E-state index < -0.39 is 8.80 Å². The summed E-state index contributed by atoms with van der Waals surface area (Å²) in [7, 11) is -2.63. The van der Waals surface area contributed by atoms with Crippen molar-refractivity contribution in [2.75, 3.05) is 79.3 Å². The van der Waals surface area contributed by atoms with E-state index in [0.29, 0.717) is 38.1 Å². The van der Waals surface area contributed by atoms with Crippen molar-refractivity contribution >= 4 is 8.80 Å². The highest BCUT2D eigenvalue weighted by Gasteiger charge is 2.34. The van der Waals surface area contributed by atoms with Crippen LogP contribution in [0.1, 0.15) is 77.0 Å². The molecule has 3 heterocycles. The first-order valence-electron chi connectivity index (χ1n) is 15.2. The van der Waals surface area contributed by atoms with E-state index >= 15 is 0 Å². The zero-order valence-corrected chi connectivity index (χ0v) is 24.9. The van der Waals surface area contributed by atoms with Crippen LogP contribution in [-0.2, 0) is 41.7 Å². The Labute approximate surface area is 231 Å². The third-order valence-corrected chi connectivity index (χ3v) is 8.95. The van der Waals surface area contributed by atoms with Crippen LogP contribution in [0.25, 0.3) is 0 Å². The molecule has 3 unspecified atom stereocenters. The molecule has 0 aliphatic carbocycles. The molecule has 3 aliphatic heterocycles. The van der Waals surface area contributed by atoms with Crippen LogP contribution in [0.5, 0.6) is 0 Å². The van der Waals surface area contributed by atoms with Gasteiger partial charge in [0.15, 0.2) is 0 Å². The summed E-state index contributed by atoms with van der Waals surface area (Å²) in [5, 5.41) is 0. The Bertz CT molecular complexity index is 484. The van der Waals surface area contributed by atoms with Crippen LogP contribution < -0.4 is 0 Å². The van der Waals surface area contributed by atoms with Crippen molar-refractivity contribution in [3.63, 3.8) is 0 Å². The lowest BCUT2D eigenvalue weighted by Crippen LogP contribution is -2.43. The van der Waals surface area contributed by atoms with Crippen molar-refractivity contribution in [3.05, 3.63) is 0 Å². The lowest BCUT2D eigenvalue weighted by atomic mass is 10.2. The molecule has 3 aliphatic rings. The Balaban J connectivity index is 1.17. The topological polar surface area (TPSA) is 93.0 Å². The third kappa shape index (κ3) is 19.0. The predicted octanol–water partition coefficient (Wildman–Crippen LogP) is 4.53. The van der Waals surface area contributed by atoms with Gasteiger partial charge in [0.25, 0.3) is 0 Å². The maximum atomic E-state index is 6.26. The summed E-state index contributed by atoms with van der Waals surface area (Å²) in [5.74, 6) is 0. The molecule has 0 N–H and O–H groups in total. The fraction of sp³-hybridized carbons (Fsp3) is 1.00. The molecule has 3 atom stereocenters. The largest absolute Gasteiger partial charge is 0.497 e. The fourth-order valence-corrected chi connectivity index (χ4v) is 5.81. The van der Waals surface area contributed by atoms with Gasteiger partial charge in [0.1, 0.15) is 18.3 Å². The lowest BCUT2D eigenvalue weighted by molar-refractivity contribution is 0.0607. The van der Waals surface area contributed by atoms with Crippen molar-refractivity contribution in [2.45, 2.75) is 102 Å². The van der Waals surface area contributed by atoms with Crippen LogP contribution in [0.3, 0.4) is 0 Å². The Kier molecular flexibility index (Phi) is 17.6. The molecule has 3 fully saturated rings. The molecule has 0 aromatic rings. The van der Waals surface area contributed by atoms with Crippen LogP contribution in [0.4, 0.5) is 0 Å². The molecule has 3 rings (SSSR count). The number of hydrogen-bond acceptors (Lipinski definition) is 9. The van der Waals surface area contributed by atoms with Gasteiger partial charge in [-0.2, -0.15) is 0 Å². The van der Waals surface area contributed by atoms with Crippen LogP contribution in [0.2, 0.25) is 6.55 Å². The van der Waals surface area contributed by atoms with Crippen molar-refractivity contribution in [2.24, 2.45) is 0 Å². The average Bonchev–Trinajstić information content (AvgIpc) is 3.75. The number of rotatable bonds is 30. The highest BCUT2D eigenvalue weighted by molar-refractivity contribution is 6.59. The summed E-state index contributed by atoms with van der Waals surface area (Å²) in [6, 6.07) is 0. The van der Waals surface area contributed by atoms with E-state index in [2.05, 4.69) is 6.55 Å². The van der Waals surface area contributed by atoms with Gasteiger partial charge in [0.05, 0.1) is 39.6 Å². The molecule has 10 heteroatoms. The highest BCUT2D eigenvalue weighted by atomic mass is 28.4. The Morgan fingerprint density at radius 2 is 0.711 bits per heavy atom. The van der Waals surface area contributed by atoms with E-state index in [1.165, 1.54) is 0 Å². The minimum absolute atomic E-state index is 0.356. The molecule has 0 spiro atoms. The van der Waals surface area contributed by atoms with Gasteiger partial charge in [-0.15, -0.1) is 0 Å². The summed E-state index contributed by atoms with van der Waals surface area (Å²) in [4.78, 5) is 0. The molecule has 0 aromatic carbocycles. The Morgan fingerprint density at radius 3 is 0.974 bits per heavy atom. The highest BCUT2D eigenvalue weighted by Crippen LogP contribution is 2.16. The van der Waals surface area contributed by atoms with Gasteiger partial charge in [-0.25, -0.2) is 0 Å². The monoisotopic (exact) mass is 562 g/mol. The normalized spacial score (nSPS) is 23.4. The van der Waals surface area contributed by atoms with Crippen LogP contribution in [0.15, 0.2) is 0 Å². The summed E-state index contributed by atoms with van der Waals surface area (Å²) in [5.41, 5.74) is 0. The van der Waals surface area contributed by atoms with Crippen molar-refractivity contribution < 1.29 is 41.7 Å². The second-order valence-corrected chi connectivity index (χ2v) is 13.3. The smallest absolute Gasteiger partial charge is 0.379 e. The first-order chi connectivity index (χ1) is 18.7. The number of unbranched alkanes of at least 4 members (excludes halogenated alkanes) is 9. The van der Waals surface area contributed by atoms with E-state index in [1.807, 2.05) is 0 Å². The molecule has 3 saturated heterocycles. The van der Waals surface area contributed by atoms with E-state index in [0.717, 1.165) is 137 Å². The molecule has 224 valence electrons. The summed E-state index contributed by atoms with van der Waals surface area (Å²) < 4.78 is 51.1. The van der Waals surface area contributed by atoms with E-state index in [9.17, 15) is 0 Å². The van der Waals surface area contributed by atoms with E-state index in [1.54, 1.807) is 0 Å². The van der Waals surface area contributed by atoms with Gasteiger partial charge in [-0.1, -0.05) is 38.5 Å². The maximum Gasteiger partial charge on any atom is 0.497 e. The minimum Gasteiger partial charge on any atom is -0.379 e. The third-order valence-electron chi connectivity index (χ3n) is 6.76. The second-order valence-electron chi connectivity index (χ2n) is 10.7. The zero-order chi connectivity index (χ0) is 26.6. The van der Waals surface area contributed by atoms with Crippen molar-refractivity contribution in [1.82, 2.24) is 0 Å². The molecule has 9 nitrogen and oxygen atoms in total. The second kappa shape index (κ2) is 20.7. The Hall–Kier alpha value is -0.143. The van der Waals surface area contributed by atoms with Gasteiger partial charge >= 0.3 is 8.80 Å². The number of epoxide rings is 3. The molecule has 0 saturated carbocycles. The molecular formula is C28H54O9Si. The van der Waals surface area contributed by atoms with Crippen LogP contribution >= 0.6 is 0 Å². The van der Waals surface area contributed by atoms with Gasteiger partial charge in [0, 0.05) is 46.2 Å². The SMILES string of the molecule is C[Si](OCCCCCCOCC1CO1)(OCCCCCCOCC1CO1)OCCCCCCOCC1CO1. The molecule has 38 heavy (non-hydrogen) atoms. The standard InChI is InChI=1S/C28H54O9Si/c1-38(35-17-11-5-2-8-14-29-20-26-23-32-26,36-18-12-6-3-9-15-30-21-27-24-33-27)37-19-13-7-4-10-16-31-22-28-25-34-28/h26-28H,2-25H2,1H3. The van der Waals surface area contributed by atoms with Crippen molar-refractivity contribution in [3.8, 4) is 0 Å². The Morgan fingerprint density at radius 1 is 0.447 bits per heavy atom. The lowest BCUT2D eigenvalue weighted by Gasteiger charge is -2.26. The molecule has 0 aromatic heterocycles. The molecule has 0 bridgehead atoms. The number of ether oxygens (including phenoxy) is 6. The molecule has 0 radical (unpaired) electrons. The van der Waals surface area contributed by atoms with Gasteiger partial charge in [0.2, 0.25) is 0 Å². The molecule has 0 amide bonds. The van der Waals surface area contributed by atoms with Gasteiger partial charge in [-0.3, -0.25) is 0 Å². The zero-order valence-electron chi connectivity index (χ0n) is 23.9. The first kappa shape index (κ1) is 32.4.